The second kappa shape index (κ2) is 5.69. The number of nitrogens with one attached hydrogen (secondary N) is 2. The van der Waals surface area contributed by atoms with Gasteiger partial charge in [-0.1, -0.05) is 6.07 Å². The largest absolute Gasteiger partial charge is 0.382 e. The van der Waals surface area contributed by atoms with Crippen molar-refractivity contribution in [1.82, 2.24) is 15.2 Å². The van der Waals surface area contributed by atoms with Crippen LogP contribution in [0.1, 0.15) is 10.4 Å². The number of aromatic nitrogens is 3. The van der Waals surface area contributed by atoms with Crippen LogP contribution in [0.4, 0.5) is 17.3 Å². The molecule has 0 saturated carbocycles. The molecule has 1 amide bonds. The molecule has 2 N–H and O–H groups in total. The van der Waals surface area contributed by atoms with Crippen molar-refractivity contribution in [3.63, 3.8) is 0 Å². The maximum atomic E-state index is 12.1. The lowest BCUT2D eigenvalue weighted by atomic mass is 10.1. The van der Waals surface area contributed by atoms with Crippen LogP contribution in [0.5, 0.6) is 0 Å². The number of hydrogen-bond acceptors (Lipinski definition) is 7. The highest BCUT2D eigenvalue weighted by Crippen LogP contribution is 2.28. The molecule has 2 rings (SSSR count). The molecule has 9 nitrogen and oxygen atoms in total. The molecular formula is C11H10N6O3. The van der Waals surface area contributed by atoms with Crippen molar-refractivity contribution in [1.29, 1.82) is 0 Å². The average molecular weight is 274 g/mol. The van der Waals surface area contributed by atoms with Crippen LogP contribution in [-0.4, -0.2) is 33.1 Å². The topological polar surface area (TPSA) is 123 Å². The molecular weight excluding hydrogens is 264 g/mol. The van der Waals surface area contributed by atoms with Gasteiger partial charge in [-0.15, -0.1) is 5.10 Å². The number of para-hydroxylation sites is 1. The van der Waals surface area contributed by atoms with E-state index >= 15 is 0 Å². The number of nitro benzene ring substituents is 1. The molecule has 0 spiro atoms. The number of benzene rings is 1. The van der Waals surface area contributed by atoms with Crippen molar-refractivity contribution < 1.29 is 9.72 Å². The lowest BCUT2D eigenvalue weighted by Crippen LogP contribution is -2.16. The fraction of sp³-hybridized carbons (Fsp3) is 0.0909. The highest BCUT2D eigenvalue weighted by molar-refractivity contribution is 6.08. The number of nitrogens with zero attached hydrogens (tertiary/aromatic N) is 4. The summed E-state index contributed by atoms with van der Waals surface area (Å²) >= 11 is 0. The summed E-state index contributed by atoms with van der Waals surface area (Å²) in [6.45, 7) is 0. The molecule has 0 aliphatic heterocycles. The van der Waals surface area contributed by atoms with Crippen LogP contribution in [0.3, 0.4) is 0 Å². The summed E-state index contributed by atoms with van der Waals surface area (Å²) in [5, 5.41) is 23.2. The molecule has 0 atom stereocenters. The van der Waals surface area contributed by atoms with Crippen molar-refractivity contribution >= 4 is 23.2 Å². The third kappa shape index (κ3) is 2.66. The van der Waals surface area contributed by atoms with E-state index in [9.17, 15) is 14.9 Å². The van der Waals surface area contributed by atoms with Crippen molar-refractivity contribution in [2.45, 2.75) is 0 Å². The number of nitro groups is 1. The Labute approximate surface area is 113 Å². The molecule has 102 valence electrons. The van der Waals surface area contributed by atoms with E-state index in [4.69, 9.17) is 0 Å². The molecule has 0 bridgehead atoms. The molecule has 20 heavy (non-hydrogen) atoms. The molecule has 2 aromatic rings. The van der Waals surface area contributed by atoms with E-state index in [0.29, 0.717) is 0 Å². The maximum Gasteiger partial charge on any atom is 0.293 e. The van der Waals surface area contributed by atoms with Crippen molar-refractivity contribution in [2.75, 3.05) is 17.7 Å². The summed E-state index contributed by atoms with van der Waals surface area (Å²) in [7, 11) is 1.50. The van der Waals surface area contributed by atoms with Gasteiger partial charge in [0.2, 0.25) is 5.95 Å². The van der Waals surface area contributed by atoms with Crippen LogP contribution in [0.2, 0.25) is 0 Å². The number of anilines is 2. The summed E-state index contributed by atoms with van der Waals surface area (Å²) in [5.41, 5.74) is 0.0558. The van der Waals surface area contributed by atoms with Crippen molar-refractivity contribution in [2.24, 2.45) is 0 Å². The van der Waals surface area contributed by atoms with Crippen LogP contribution in [-0.2, 0) is 0 Å². The Morgan fingerprint density at radius 3 is 2.75 bits per heavy atom. The van der Waals surface area contributed by atoms with Crippen LogP contribution < -0.4 is 10.6 Å². The SMILES string of the molecule is CNc1c(C(=O)Nc2nccnn2)cccc1[N+](=O)[O-]. The molecule has 0 saturated heterocycles. The van der Waals surface area contributed by atoms with Crippen LogP contribution >= 0.6 is 0 Å². The van der Waals surface area contributed by atoms with E-state index in [1.165, 1.54) is 37.6 Å². The van der Waals surface area contributed by atoms with Crippen molar-refractivity contribution in [3.8, 4) is 0 Å². The van der Waals surface area contributed by atoms with E-state index < -0.39 is 10.8 Å². The summed E-state index contributed by atoms with van der Waals surface area (Å²) in [5.74, 6) is -0.544. The zero-order valence-electron chi connectivity index (χ0n) is 10.4. The summed E-state index contributed by atoms with van der Waals surface area (Å²) in [4.78, 5) is 26.2. The zero-order chi connectivity index (χ0) is 14.5. The van der Waals surface area contributed by atoms with Gasteiger partial charge in [-0.3, -0.25) is 20.2 Å². The molecule has 1 aromatic heterocycles. The molecule has 0 radical (unpaired) electrons. The number of carbonyl (C=O) groups excluding carboxylic acids is 1. The normalized spacial score (nSPS) is 9.85. The van der Waals surface area contributed by atoms with Gasteiger partial charge in [0.1, 0.15) is 5.69 Å². The molecule has 9 heteroatoms. The first-order valence-corrected chi connectivity index (χ1v) is 5.53. The van der Waals surface area contributed by atoms with E-state index in [2.05, 4.69) is 25.8 Å². The Bertz CT molecular complexity index is 646. The van der Waals surface area contributed by atoms with Gasteiger partial charge in [-0.2, -0.15) is 5.10 Å². The fourth-order valence-corrected chi connectivity index (χ4v) is 1.62. The predicted molar refractivity (Wildman–Crippen MR) is 70.4 cm³/mol. The van der Waals surface area contributed by atoms with E-state index in [1.54, 1.807) is 0 Å². The summed E-state index contributed by atoms with van der Waals surface area (Å²) in [6.07, 6.45) is 2.73. The predicted octanol–water partition coefficient (Wildman–Crippen LogP) is 1.07. The lowest BCUT2D eigenvalue weighted by molar-refractivity contribution is -0.384. The maximum absolute atomic E-state index is 12.1. The minimum Gasteiger partial charge on any atom is -0.382 e. The first kappa shape index (κ1) is 13.3. The second-order valence-corrected chi connectivity index (χ2v) is 3.63. The lowest BCUT2D eigenvalue weighted by Gasteiger charge is -2.08. The van der Waals surface area contributed by atoms with Gasteiger partial charge in [0, 0.05) is 13.1 Å². The minimum absolute atomic E-state index is 0.0195. The Morgan fingerprint density at radius 1 is 1.35 bits per heavy atom. The van der Waals surface area contributed by atoms with Crippen molar-refractivity contribution in [3.05, 3.63) is 46.3 Å². The van der Waals surface area contributed by atoms with Gasteiger partial charge in [-0.05, 0) is 6.07 Å². The third-order valence-electron chi connectivity index (χ3n) is 2.44. The molecule has 0 aliphatic rings. The Morgan fingerprint density at radius 2 is 2.15 bits per heavy atom. The van der Waals surface area contributed by atoms with Crippen LogP contribution in [0.15, 0.2) is 30.6 Å². The first-order valence-electron chi connectivity index (χ1n) is 5.53. The first-order chi connectivity index (χ1) is 9.63. The second-order valence-electron chi connectivity index (χ2n) is 3.63. The molecule has 1 heterocycles. The van der Waals surface area contributed by atoms with Gasteiger partial charge < -0.3 is 5.32 Å². The molecule has 0 aliphatic carbocycles. The number of rotatable bonds is 4. The van der Waals surface area contributed by atoms with Crippen LogP contribution in [0, 0.1) is 10.1 Å². The Kier molecular flexibility index (Phi) is 3.80. The zero-order valence-corrected chi connectivity index (χ0v) is 10.4. The quantitative estimate of drug-likeness (QED) is 0.631. The van der Waals surface area contributed by atoms with E-state index in [0.717, 1.165) is 0 Å². The fourth-order valence-electron chi connectivity index (χ4n) is 1.62. The highest BCUT2D eigenvalue weighted by atomic mass is 16.6. The van der Waals surface area contributed by atoms with Crippen LogP contribution in [0.25, 0.3) is 0 Å². The number of carbonyl (C=O) groups is 1. The molecule has 0 fully saturated rings. The average Bonchev–Trinajstić information content (AvgIpc) is 2.47. The smallest absolute Gasteiger partial charge is 0.293 e. The summed E-state index contributed by atoms with van der Waals surface area (Å²) < 4.78 is 0. The third-order valence-corrected chi connectivity index (χ3v) is 2.44. The van der Waals surface area contributed by atoms with Gasteiger partial charge in [-0.25, -0.2) is 4.98 Å². The monoisotopic (exact) mass is 274 g/mol. The number of amides is 1. The van der Waals surface area contributed by atoms with E-state index in [1.807, 2.05) is 0 Å². The Balaban J connectivity index is 2.35. The number of hydrogen-bond donors (Lipinski definition) is 2. The molecule has 0 unspecified atom stereocenters. The highest BCUT2D eigenvalue weighted by Gasteiger charge is 2.21. The van der Waals surface area contributed by atoms with Gasteiger partial charge in [0.25, 0.3) is 11.6 Å². The minimum atomic E-state index is -0.566. The van der Waals surface area contributed by atoms with Gasteiger partial charge >= 0.3 is 0 Å². The van der Waals surface area contributed by atoms with E-state index in [-0.39, 0.29) is 22.9 Å². The molecule has 1 aromatic carbocycles. The Hall–Kier alpha value is -3.10. The van der Waals surface area contributed by atoms with Gasteiger partial charge in [0.15, 0.2) is 0 Å². The van der Waals surface area contributed by atoms with Gasteiger partial charge in [0.05, 0.1) is 22.9 Å². The summed E-state index contributed by atoms with van der Waals surface area (Å²) in [6, 6.07) is 4.20. The standard InChI is InChI=1S/C11H10N6O3/c1-12-9-7(3-2-4-8(9)17(19)20)10(18)15-11-13-5-6-14-16-11/h2-6,12H,1H3,(H,13,15,16,18).